The number of nitrogens with zero attached hydrogens (tertiary/aromatic N) is 4. The summed E-state index contributed by atoms with van der Waals surface area (Å²) in [5, 5.41) is 16.1. The van der Waals surface area contributed by atoms with Crippen LogP contribution < -0.4 is 4.74 Å². The Morgan fingerprint density at radius 1 is 1.30 bits per heavy atom. The van der Waals surface area contributed by atoms with Crippen molar-refractivity contribution in [3.8, 4) is 17.1 Å². The Morgan fingerprint density at radius 2 is 2.13 bits per heavy atom. The molecule has 2 aromatic heterocycles. The van der Waals surface area contributed by atoms with Crippen LogP contribution in [0.4, 0.5) is 0 Å². The third-order valence-corrected chi connectivity index (χ3v) is 4.08. The fourth-order valence-corrected chi connectivity index (χ4v) is 2.72. The maximum atomic E-state index is 6.04. The quantitative estimate of drug-likeness (QED) is 0.681. The van der Waals surface area contributed by atoms with Crippen LogP contribution >= 0.6 is 23.4 Å². The number of thioether (sulfide) groups is 1. The largest absolute Gasteiger partial charge is 0.496 e. The average Bonchev–Trinajstić information content (AvgIpc) is 3.22. The lowest BCUT2D eigenvalue weighted by molar-refractivity contribution is 0.416. The van der Waals surface area contributed by atoms with Gasteiger partial charge in [0.1, 0.15) is 5.75 Å². The van der Waals surface area contributed by atoms with E-state index in [1.807, 2.05) is 6.92 Å². The number of benzene rings is 1. The third kappa shape index (κ3) is 3.65. The van der Waals surface area contributed by atoms with Gasteiger partial charge in [-0.05, 0) is 18.2 Å². The van der Waals surface area contributed by atoms with E-state index in [1.165, 1.54) is 11.8 Å². The Hall–Kier alpha value is -2.06. The second-order valence-electron chi connectivity index (χ2n) is 4.54. The number of H-pyrrole nitrogens is 1. The Bertz CT molecular complexity index is 804. The number of methoxy groups -OCH3 is 1. The summed E-state index contributed by atoms with van der Waals surface area (Å²) in [7, 11) is 1.60. The van der Waals surface area contributed by atoms with Crippen molar-refractivity contribution in [2.75, 3.05) is 7.11 Å². The van der Waals surface area contributed by atoms with E-state index < -0.39 is 0 Å². The van der Waals surface area contributed by atoms with Crippen molar-refractivity contribution in [3.63, 3.8) is 0 Å². The van der Waals surface area contributed by atoms with E-state index >= 15 is 0 Å². The summed E-state index contributed by atoms with van der Waals surface area (Å²) in [6, 6.07) is 5.33. The Morgan fingerprint density at radius 3 is 2.87 bits per heavy atom. The van der Waals surface area contributed by atoms with Crippen molar-refractivity contribution in [3.05, 3.63) is 35.0 Å². The van der Waals surface area contributed by atoms with Crippen LogP contribution in [-0.4, -0.2) is 32.5 Å². The molecule has 3 aromatic rings. The molecule has 1 N–H and O–H groups in total. The van der Waals surface area contributed by atoms with E-state index in [9.17, 15) is 0 Å². The lowest BCUT2D eigenvalue weighted by Gasteiger charge is -2.05. The highest BCUT2D eigenvalue weighted by molar-refractivity contribution is 7.98. The minimum absolute atomic E-state index is 0.511. The number of aromatic amines is 1. The molecule has 7 nitrogen and oxygen atoms in total. The van der Waals surface area contributed by atoms with Gasteiger partial charge in [-0.25, -0.2) is 4.98 Å². The fourth-order valence-electron chi connectivity index (χ4n) is 1.91. The Balaban J connectivity index is 1.74. The van der Waals surface area contributed by atoms with Crippen molar-refractivity contribution in [1.82, 2.24) is 25.4 Å². The summed E-state index contributed by atoms with van der Waals surface area (Å²) in [6.45, 7) is 1.96. The molecule has 0 spiro atoms. The van der Waals surface area contributed by atoms with Crippen molar-refractivity contribution >= 4 is 23.4 Å². The van der Waals surface area contributed by atoms with Crippen LogP contribution in [0, 0.1) is 0 Å². The standard InChI is InChI=1S/C14H14ClN5O2S/c1-3-11-17-18-12(22-11)7-23-14-16-13(19-20-14)9-6-8(15)4-5-10(9)21-2/h4-6H,3,7H2,1-2H3,(H,16,19,20). The van der Waals surface area contributed by atoms with E-state index in [0.29, 0.717) is 39.3 Å². The monoisotopic (exact) mass is 351 g/mol. The molecule has 0 aliphatic carbocycles. The molecule has 0 atom stereocenters. The predicted molar refractivity (Wildman–Crippen MR) is 86.6 cm³/mol. The fraction of sp³-hybridized carbons (Fsp3) is 0.286. The number of hydrogen-bond acceptors (Lipinski definition) is 7. The molecule has 0 bridgehead atoms. The van der Waals surface area contributed by atoms with Crippen LogP contribution in [0.15, 0.2) is 27.8 Å². The maximum absolute atomic E-state index is 6.04. The zero-order chi connectivity index (χ0) is 16.2. The van der Waals surface area contributed by atoms with E-state index in [2.05, 4.69) is 25.4 Å². The van der Waals surface area contributed by atoms with Gasteiger partial charge in [0.15, 0.2) is 5.82 Å². The van der Waals surface area contributed by atoms with Crippen LogP contribution in [0.2, 0.25) is 5.02 Å². The number of ether oxygens (including phenoxy) is 1. The summed E-state index contributed by atoms with van der Waals surface area (Å²) >= 11 is 7.44. The molecule has 1 aromatic carbocycles. The molecule has 0 amide bonds. The second kappa shape index (κ2) is 7.01. The minimum atomic E-state index is 0.511. The van der Waals surface area contributed by atoms with Gasteiger partial charge in [-0.3, -0.25) is 5.10 Å². The molecule has 0 radical (unpaired) electrons. The van der Waals surface area contributed by atoms with Gasteiger partial charge in [-0.2, -0.15) is 0 Å². The normalized spacial score (nSPS) is 10.9. The zero-order valence-electron chi connectivity index (χ0n) is 12.5. The van der Waals surface area contributed by atoms with E-state index in [1.54, 1.807) is 25.3 Å². The molecule has 0 aliphatic rings. The molecule has 120 valence electrons. The zero-order valence-corrected chi connectivity index (χ0v) is 14.1. The van der Waals surface area contributed by atoms with Crippen LogP contribution in [0.3, 0.4) is 0 Å². The van der Waals surface area contributed by atoms with Gasteiger partial charge in [-0.15, -0.1) is 15.3 Å². The highest BCUT2D eigenvalue weighted by Gasteiger charge is 2.13. The van der Waals surface area contributed by atoms with Gasteiger partial charge in [0.25, 0.3) is 0 Å². The van der Waals surface area contributed by atoms with Crippen molar-refractivity contribution < 1.29 is 9.15 Å². The Kier molecular flexibility index (Phi) is 4.82. The minimum Gasteiger partial charge on any atom is -0.496 e. The lowest BCUT2D eigenvalue weighted by Crippen LogP contribution is -1.89. The molecule has 0 unspecified atom stereocenters. The molecule has 9 heteroatoms. The highest BCUT2D eigenvalue weighted by Crippen LogP contribution is 2.31. The summed E-state index contributed by atoms with van der Waals surface area (Å²) in [5.74, 6) is 2.95. The molecule has 2 heterocycles. The van der Waals surface area contributed by atoms with Crippen molar-refractivity contribution in [2.24, 2.45) is 0 Å². The van der Waals surface area contributed by atoms with Crippen LogP contribution in [0.25, 0.3) is 11.4 Å². The van der Waals surface area contributed by atoms with E-state index in [4.69, 9.17) is 20.8 Å². The van der Waals surface area contributed by atoms with Crippen LogP contribution in [-0.2, 0) is 12.2 Å². The number of halogens is 1. The van der Waals surface area contributed by atoms with Gasteiger partial charge in [0.05, 0.1) is 18.4 Å². The lowest BCUT2D eigenvalue weighted by atomic mass is 10.2. The van der Waals surface area contributed by atoms with Gasteiger partial charge in [0.2, 0.25) is 16.9 Å². The van der Waals surface area contributed by atoms with Crippen LogP contribution in [0.1, 0.15) is 18.7 Å². The number of nitrogens with one attached hydrogen (secondary N) is 1. The summed E-state index contributed by atoms with van der Waals surface area (Å²) in [4.78, 5) is 4.44. The SMILES string of the molecule is CCc1nnc(CSc2n[nH]c(-c3cc(Cl)ccc3OC)n2)o1. The smallest absolute Gasteiger partial charge is 0.226 e. The van der Waals surface area contributed by atoms with Gasteiger partial charge < -0.3 is 9.15 Å². The van der Waals surface area contributed by atoms with Crippen LogP contribution in [0.5, 0.6) is 5.75 Å². The molecule has 23 heavy (non-hydrogen) atoms. The molecule has 3 rings (SSSR count). The van der Waals surface area contributed by atoms with Gasteiger partial charge in [-0.1, -0.05) is 30.3 Å². The highest BCUT2D eigenvalue weighted by atomic mass is 35.5. The number of rotatable bonds is 6. The molecule has 0 saturated heterocycles. The molecular weight excluding hydrogens is 338 g/mol. The van der Waals surface area contributed by atoms with E-state index in [-0.39, 0.29) is 0 Å². The molecular formula is C14H14ClN5O2S. The average molecular weight is 352 g/mol. The first-order valence-corrected chi connectivity index (χ1v) is 8.26. The summed E-state index contributed by atoms with van der Waals surface area (Å²) in [6.07, 6.45) is 0.719. The second-order valence-corrected chi connectivity index (χ2v) is 5.92. The van der Waals surface area contributed by atoms with Gasteiger partial charge in [0, 0.05) is 11.4 Å². The predicted octanol–water partition coefficient (Wildman–Crippen LogP) is 3.37. The Labute approximate surface area is 141 Å². The number of aryl methyl sites for hydroxylation is 1. The van der Waals surface area contributed by atoms with Crippen molar-refractivity contribution in [2.45, 2.75) is 24.3 Å². The first-order chi connectivity index (χ1) is 11.2. The first kappa shape index (κ1) is 15.8. The molecule has 0 fully saturated rings. The first-order valence-electron chi connectivity index (χ1n) is 6.90. The van der Waals surface area contributed by atoms with E-state index in [0.717, 1.165) is 12.0 Å². The van der Waals surface area contributed by atoms with Gasteiger partial charge >= 0.3 is 0 Å². The summed E-state index contributed by atoms with van der Waals surface area (Å²) in [5.41, 5.74) is 0.755. The molecule has 0 saturated carbocycles. The third-order valence-electron chi connectivity index (χ3n) is 3.02. The number of hydrogen-bond donors (Lipinski definition) is 1. The topological polar surface area (TPSA) is 89.7 Å². The maximum Gasteiger partial charge on any atom is 0.226 e. The molecule has 0 aliphatic heterocycles. The number of aromatic nitrogens is 5. The van der Waals surface area contributed by atoms with Crippen molar-refractivity contribution in [1.29, 1.82) is 0 Å². The summed E-state index contributed by atoms with van der Waals surface area (Å²) < 4.78 is 10.8.